The van der Waals surface area contributed by atoms with E-state index in [1.165, 1.54) is 0 Å². The third-order valence-electron chi connectivity index (χ3n) is 4.44. The Hall–Kier alpha value is -2.69. The van der Waals surface area contributed by atoms with Crippen molar-refractivity contribution in [2.75, 3.05) is 5.32 Å². The summed E-state index contributed by atoms with van der Waals surface area (Å²) < 4.78 is 5.33. The second-order valence-corrected chi connectivity index (χ2v) is 6.42. The molecule has 0 atom stereocenters. The average molecular weight is 307 g/mol. The number of rotatable bonds is 3. The van der Waals surface area contributed by atoms with E-state index in [-0.39, 0.29) is 11.3 Å². The number of nitrogens with zero attached hydrogens (tertiary/aromatic N) is 2. The molecule has 1 N–H and O–H groups in total. The Morgan fingerprint density at radius 3 is 2.83 bits per heavy atom. The predicted molar refractivity (Wildman–Crippen MR) is 87.5 cm³/mol. The Balaban J connectivity index is 1.65. The van der Waals surface area contributed by atoms with E-state index >= 15 is 0 Å². The van der Waals surface area contributed by atoms with Crippen molar-refractivity contribution < 1.29 is 9.32 Å². The van der Waals surface area contributed by atoms with Crippen molar-refractivity contribution >= 4 is 22.5 Å². The summed E-state index contributed by atoms with van der Waals surface area (Å²) in [6, 6.07) is 11.6. The van der Waals surface area contributed by atoms with Crippen molar-refractivity contribution in [3.8, 4) is 0 Å². The second kappa shape index (κ2) is 4.91. The van der Waals surface area contributed by atoms with Gasteiger partial charge in [0.25, 0.3) is 5.91 Å². The van der Waals surface area contributed by atoms with Crippen LogP contribution in [0.3, 0.4) is 0 Å². The summed E-state index contributed by atoms with van der Waals surface area (Å²) in [6.45, 7) is 4.02. The topological polar surface area (TPSA) is 68.0 Å². The lowest BCUT2D eigenvalue weighted by Gasteiger charge is -2.08. The molecule has 2 heterocycles. The Bertz CT molecular complexity index is 910. The average Bonchev–Trinajstić information content (AvgIpc) is 3.09. The van der Waals surface area contributed by atoms with Gasteiger partial charge >= 0.3 is 0 Å². The number of fused-ring (bicyclic) bond motifs is 1. The fraction of sp³-hybridized carbons (Fsp3) is 0.278. The first kappa shape index (κ1) is 13.9. The minimum absolute atomic E-state index is 0.0554. The highest BCUT2D eigenvalue weighted by Gasteiger charge is 2.43. The summed E-state index contributed by atoms with van der Waals surface area (Å²) >= 11 is 0. The number of hydrogen-bond donors (Lipinski definition) is 1. The van der Waals surface area contributed by atoms with Crippen LogP contribution in [0.5, 0.6) is 0 Å². The summed E-state index contributed by atoms with van der Waals surface area (Å²) in [5.74, 6) is 1.03. The van der Waals surface area contributed by atoms with E-state index in [1.54, 1.807) is 6.07 Å². The van der Waals surface area contributed by atoms with Crippen molar-refractivity contribution in [1.29, 1.82) is 0 Å². The molecule has 4 rings (SSSR count). The maximum Gasteiger partial charge on any atom is 0.279 e. The first-order chi connectivity index (χ1) is 11.0. The lowest BCUT2D eigenvalue weighted by Crippen LogP contribution is -2.14. The Morgan fingerprint density at radius 2 is 2.04 bits per heavy atom. The van der Waals surface area contributed by atoms with Gasteiger partial charge in [-0.05, 0) is 31.2 Å². The summed E-state index contributed by atoms with van der Waals surface area (Å²) in [6.07, 6.45) is 2.15. The molecule has 0 unspecified atom stereocenters. The highest BCUT2D eigenvalue weighted by Crippen LogP contribution is 2.47. The third-order valence-corrected chi connectivity index (χ3v) is 4.44. The van der Waals surface area contributed by atoms with Crippen LogP contribution in [0.2, 0.25) is 0 Å². The van der Waals surface area contributed by atoms with Crippen LogP contribution in [0.4, 0.5) is 5.82 Å². The minimum atomic E-state index is -0.299. The van der Waals surface area contributed by atoms with Gasteiger partial charge in [-0.25, -0.2) is 4.98 Å². The number of anilines is 1. The first-order valence-electron chi connectivity index (χ1n) is 7.70. The van der Waals surface area contributed by atoms with Crippen LogP contribution in [0.25, 0.3) is 10.8 Å². The molecule has 1 aliphatic carbocycles. The van der Waals surface area contributed by atoms with Gasteiger partial charge in [-0.2, -0.15) is 0 Å². The highest BCUT2D eigenvalue weighted by molar-refractivity contribution is 6.07. The van der Waals surface area contributed by atoms with Crippen molar-refractivity contribution in [1.82, 2.24) is 10.1 Å². The van der Waals surface area contributed by atoms with Crippen LogP contribution in [0.1, 0.15) is 41.7 Å². The number of aromatic nitrogens is 2. The van der Waals surface area contributed by atoms with Crippen molar-refractivity contribution in [2.24, 2.45) is 0 Å². The number of hydrogen-bond acceptors (Lipinski definition) is 4. The third kappa shape index (κ3) is 2.48. The van der Waals surface area contributed by atoms with Gasteiger partial charge in [0, 0.05) is 22.6 Å². The summed E-state index contributed by atoms with van der Waals surface area (Å²) in [4.78, 5) is 16.9. The van der Waals surface area contributed by atoms with Crippen molar-refractivity contribution in [3.05, 3.63) is 53.5 Å². The highest BCUT2D eigenvalue weighted by atomic mass is 16.5. The normalized spacial score (nSPS) is 15.6. The number of carbonyl (C=O) groups is 1. The molecule has 5 nitrogen and oxygen atoms in total. The van der Waals surface area contributed by atoms with Gasteiger partial charge in [0.15, 0.2) is 5.69 Å². The van der Waals surface area contributed by atoms with E-state index in [4.69, 9.17) is 4.52 Å². The van der Waals surface area contributed by atoms with Gasteiger partial charge in [0.2, 0.25) is 0 Å². The Kier molecular flexibility index (Phi) is 2.98. The molecule has 1 amide bonds. The molecule has 0 saturated heterocycles. The Morgan fingerprint density at radius 1 is 1.26 bits per heavy atom. The van der Waals surface area contributed by atoms with Crippen molar-refractivity contribution in [2.45, 2.75) is 32.1 Å². The van der Waals surface area contributed by atoms with Gasteiger partial charge < -0.3 is 9.84 Å². The maximum absolute atomic E-state index is 12.5. The Labute approximate surface area is 133 Å². The SMILES string of the molecule is Cc1cc2ccccc2c(NC(=O)c2cc(C3(C)CC3)on2)n1. The fourth-order valence-electron chi connectivity index (χ4n) is 2.70. The molecule has 5 heteroatoms. The van der Waals surface area contributed by atoms with Crippen molar-refractivity contribution in [3.63, 3.8) is 0 Å². The van der Waals surface area contributed by atoms with Crippen LogP contribution in [0, 0.1) is 6.92 Å². The number of aryl methyl sites for hydroxylation is 1. The molecule has 0 aliphatic heterocycles. The molecule has 2 aromatic heterocycles. The smallest absolute Gasteiger partial charge is 0.279 e. The van der Waals surface area contributed by atoms with Crippen LogP contribution < -0.4 is 5.32 Å². The van der Waals surface area contributed by atoms with Gasteiger partial charge in [0.05, 0.1) is 0 Å². The van der Waals surface area contributed by atoms with Gasteiger partial charge in [-0.3, -0.25) is 4.79 Å². The monoisotopic (exact) mass is 307 g/mol. The number of carbonyl (C=O) groups excluding carboxylic acids is 1. The molecule has 1 saturated carbocycles. The van der Waals surface area contributed by atoms with Crippen LogP contribution >= 0.6 is 0 Å². The predicted octanol–water partition coefficient (Wildman–Crippen LogP) is 3.84. The maximum atomic E-state index is 12.5. The van der Waals surface area contributed by atoms with Crippen LogP contribution in [-0.4, -0.2) is 16.0 Å². The number of nitrogens with one attached hydrogen (secondary N) is 1. The zero-order valence-electron chi connectivity index (χ0n) is 13.1. The first-order valence-corrected chi connectivity index (χ1v) is 7.70. The molecule has 0 radical (unpaired) electrons. The zero-order valence-corrected chi connectivity index (χ0v) is 13.1. The van der Waals surface area contributed by atoms with Gasteiger partial charge in [0.1, 0.15) is 11.6 Å². The molecular formula is C18H17N3O2. The molecule has 1 aliphatic rings. The second-order valence-electron chi connectivity index (χ2n) is 6.42. The largest absolute Gasteiger partial charge is 0.360 e. The van der Waals surface area contributed by atoms with E-state index in [0.717, 1.165) is 35.1 Å². The van der Waals surface area contributed by atoms with E-state index < -0.39 is 0 Å². The quantitative estimate of drug-likeness (QED) is 0.798. The van der Waals surface area contributed by atoms with Gasteiger partial charge in [-0.1, -0.05) is 36.3 Å². The van der Waals surface area contributed by atoms with E-state index in [0.29, 0.717) is 11.5 Å². The summed E-state index contributed by atoms with van der Waals surface area (Å²) in [5, 5.41) is 8.71. The molecule has 3 aromatic rings. The molecule has 116 valence electrons. The molecule has 0 spiro atoms. The van der Waals surface area contributed by atoms with E-state index in [1.807, 2.05) is 37.3 Å². The number of amides is 1. The minimum Gasteiger partial charge on any atom is -0.360 e. The van der Waals surface area contributed by atoms with Gasteiger partial charge in [-0.15, -0.1) is 0 Å². The summed E-state index contributed by atoms with van der Waals surface area (Å²) in [5.41, 5.74) is 1.20. The lowest BCUT2D eigenvalue weighted by atomic mass is 10.1. The van der Waals surface area contributed by atoms with Crippen LogP contribution in [-0.2, 0) is 5.41 Å². The van der Waals surface area contributed by atoms with E-state index in [2.05, 4.69) is 22.4 Å². The van der Waals surface area contributed by atoms with E-state index in [9.17, 15) is 4.79 Å². The standard InChI is InChI=1S/C18H17N3O2/c1-11-9-12-5-3-4-6-13(12)16(19-11)20-17(22)14-10-15(23-21-14)18(2)7-8-18/h3-6,9-10H,7-8H2,1-2H3,(H,19,20,22). The lowest BCUT2D eigenvalue weighted by molar-refractivity contribution is 0.101. The number of benzene rings is 1. The molecular weight excluding hydrogens is 290 g/mol. The van der Waals surface area contributed by atoms with Crippen LogP contribution in [0.15, 0.2) is 40.9 Å². The number of pyridine rings is 1. The fourth-order valence-corrected chi connectivity index (χ4v) is 2.70. The zero-order chi connectivity index (χ0) is 16.0. The summed E-state index contributed by atoms with van der Waals surface area (Å²) in [7, 11) is 0. The molecule has 0 bridgehead atoms. The molecule has 23 heavy (non-hydrogen) atoms. The molecule has 1 aromatic carbocycles. The molecule has 1 fully saturated rings.